The van der Waals surface area contributed by atoms with Crippen LogP contribution in [0.25, 0.3) is 6.08 Å². The monoisotopic (exact) mass is 507 g/mol. The number of thioether (sulfide) groups is 1. The maximum atomic E-state index is 13.5. The molecule has 0 radical (unpaired) electrons. The van der Waals surface area contributed by atoms with Gasteiger partial charge in [0.25, 0.3) is 5.91 Å². The van der Waals surface area contributed by atoms with Gasteiger partial charge in [0, 0.05) is 36.0 Å². The number of carbonyl (C=O) groups excluding carboxylic acids is 1. The summed E-state index contributed by atoms with van der Waals surface area (Å²) >= 11 is 1.40. The topological polar surface area (TPSA) is 54.4 Å². The number of ether oxygens (including phenoxy) is 2. The fraction of sp³-hybridized carbons (Fsp3) is 0.448. The van der Waals surface area contributed by atoms with E-state index >= 15 is 0 Å². The van der Waals surface area contributed by atoms with Crippen molar-refractivity contribution in [2.45, 2.75) is 52.5 Å². The summed E-state index contributed by atoms with van der Waals surface area (Å²) in [6.45, 7) is 13.5. The average molecular weight is 508 g/mol. The van der Waals surface area contributed by atoms with Gasteiger partial charge in [0.15, 0.2) is 5.17 Å². The summed E-state index contributed by atoms with van der Waals surface area (Å²) in [6, 6.07) is 14.1. The van der Waals surface area contributed by atoms with Crippen molar-refractivity contribution in [1.29, 1.82) is 0 Å². The Bertz CT molecular complexity index is 1160. The molecule has 6 nitrogen and oxygen atoms in total. The van der Waals surface area contributed by atoms with Crippen molar-refractivity contribution in [2.24, 2.45) is 4.99 Å². The normalized spacial score (nSPS) is 21.4. The first-order chi connectivity index (χ1) is 17.3. The number of amides is 1. The Hall–Kier alpha value is -2.77. The van der Waals surface area contributed by atoms with Crippen LogP contribution >= 0.6 is 11.8 Å². The molecule has 2 heterocycles. The molecule has 2 aliphatic heterocycles. The van der Waals surface area contributed by atoms with Crippen molar-refractivity contribution in [2.75, 3.05) is 38.3 Å². The molecule has 2 aliphatic rings. The molecule has 0 N–H and O–H groups in total. The third kappa shape index (κ3) is 5.32. The number of amidine groups is 1. The quantitative estimate of drug-likeness (QED) is 0.304. The number of carbonyl (C=O) groups is 1. The highest BCUT2D eigenvalue weighted by Crippen LogP contribution is 2.46. The average Bonchev–Trinajstić information content (AvgIpc) is 3.13. The first-order valence-corrected chi connectivity index (χ1v) is 13.5. The number of anilines is 1. The van der Waals surface area contributed by atoms with Gasteiger partial charge in [0.2, 0.25) is 0 Å². The summed E-state index contributed by atoms with van der Waals surface area (Å²) in [7, 11) is 1.69. The maximum absolute atomic E-state index is 13.5. The molecule has 2 aromatic carbocycles. The molecule has 2 aromatic rings. The van der Waals surface area contributed by atoms with Crippen molar-refractivity contribution in [3.05, 3.63) is 58.5 Å². The Labute approximate surface area is 219 Å². The van der Waals surface area contributed by atoms with Crippen LogP contribution in [0.5, 0.6) is 5.75 Å². The Morgan fingerprint density at radius 1 is 1.19 bits per heavy atom. The number of methoxy groups -OCH3 is 1. The minimum atomic E-state index is -0.0569. The van der Waals surface area contributed by atoms with Crippen LogP contribution < -0.4 is 9.64 Å². The van der Waals surface area contributed by atoms with Gasteiger partial charge in [-0.2, -0.15) is 0 Å². The smallest absolute Gasteiger partial charge is 0.266 e. The third-order valence-electron chi connectivity index (χ3n) is 6.87. The maximum Gasteiger partial charge on any atom is 0.266 e. The van der Waals surface area contributed by atoms with Crippen LogP contribution in [0.3, 0.4) is 0 Å². The van der Waals surface area contributed by atoms with E-state index in [1.165, 1.54) is 23.0 Å². The molecule has 0 aromatic heterocycles. The molecule has 0 aliphatic carbocycles. The van der Waals surface area contributed by atoms with Crippen LogP contribution in [-0.2, 0) is 9.53 Å². The van der Waals surface area contributed by atoms with Crippen LogP contribution in [0.2, 0.25) is 0 Å². The van der Waals surface area contributed by atoms with Gasteiger partial charge in [-0.15, -0.1) is 0 Å². The molecular weight excluding hydrogens is 470 g/mol. The largest absolute Gasteiger partial charge is 0.496 e. The molecule has 1 atom stereocenters. The van der Waals surface area contributed by atoms with Crippen LogP contribution in [0.1, 0.15) is 58.1 Å². The Morgan fingerprint density at radius 3 is 2.61 bits per heavy atom. The molecule has 1 unspecified atom stereocenters. The number of para-hydroxylation sites is 1. The molecule has 0 bridgehead atoms. The minimum Gasteiger partial charge on any atom is -0.496 e. The SMILES string of the molecule is CCOCCN1C(=O)/C(=C\c2cc3c(cc2OC)N(CC)C(C)(C)CC3C)SC1=Nc1ccccc1. The van der Waals surface area contributed by atoms with E-state index in [9.17, 15) is 4.79 Å². The predicted octanol–water partition coefficient (Wildman–Crippen LogP) is 6.45. The van der Waals surface area contributed by atoms with E-state index in [1.54, 1.807) is 12.0 Å². The summed E-state index contributed by atoms with van der Waals surface area (Å²) in [4.78, 5) is 23.1. The summed E-state index contributed by atoms with van der Waals surface area (Å²) in [5.41, 5.74) is 4.33. The predicted molar refractivity (Wildman–Crippen MR) is 150 cm³/mol. The van der Waals surface area contributed by atoms with Gasteiger partial charge in [-0.25, -0.2) is 4.99 Å². The summed E-state index contributed by atoms with van der Waals surface area (Å²) in [5.74, 6) is 1.12. The number of fused-ring (bicyclic) bond motifs is 1. The number of benzene rings is 2. The lowest BCUT2D eigenvalue weighted by Gasteiger charge is -2.47. The Kier molecular flexibility index (Phi) is 8.10. The van der Waals surface area contributed by atoms with Gasteiger partial charge in [0.1, 0.15) is 5.75 Å². The minimum absolute atomic E-state index is 0.0569. The zero-order chi connectivity index (χ0) is 25.9. The van der Waals surface area contributed by atoms with Crippen LogP contribution in [0, 0.1) is 0 Å². The highest BCUT2D eigenvalue weighted by Gasteiger charge is 2.37. The second-order valence-corrected chi connectivity index (χ2v) is 10.8. The van der Waals surface area contributed by atoms with E-state index in [2.05, 4.69) is 44.7 Å². The lowest BCUT2D eigenvalue weighted by Crippen LogP contribution is -2.48. The number of hydrogen-bond acceptors (Lipinski definition) is 6. The second-order valence-electron chi connectivity index (χ2n) is 9.81. The fourth-order valence-corrected chi connectivity index (χ4v) is 6.27. The number of aliphatic imine (C=N–C) groups is 1. The van der Waals surface area contributed by atoms with Gasteiger partial charge in [-0.05, 0) is 81.6 Å². The van der Waals surface area contributed by atoms with E-state index in [0.29, 0.717) is 35.7 Å². The van der Waals surface area contributed by atoms with Gasteiger partial charge < -0.3 is 14.4 Å². The number of rotatable bonds is 8. The second kappa shape index (κ2) is 11.1. The van der Waals surface area contributed by atoms with E-state index in [1.807, 2.05) is 43.3 Å². The van der Waals surface area contributed by atoms with Gasteiger partial charge in [-0.1, -0.05) is 25.1 Å². The standard InChI is InChI=1S/C29H37N3O3S/c1-7-32-24-18-25(34-6)21(16-23(24)20(3)19-29(32,4)5)17-26-27(33)31(14-15-35-8-2)28(36-26)30-22-12-10-9-11-13-22/h9-13,16-18,20H,7-8,14-15,19H2,1-6H3/b26-17+,30-28?. The molecule has 0 saturated carbocycles. The molecule has 192 valence electrons. The van der Waals surface area contributed by atoms with Crippen molar-refractivity contribution in [3.63, 3.8) is 0 Å². The zero-order valence-corrected chi connectivity index (χ0v) is 23.0. The van der Waals surface area contributed by atoms with Crippen LogP contribution in [0.15, 0.2) is 52.4 Å². The van der Waals surface area contributed by atoms with Crippen molar-refractivity contribution >= 4 is 40.3 Å². The van der Waals surface area contributed by atoms with Crippen molar-refractivity contribution < 1.29 is 14.3 Å². The third-order valence-corrected chi connectivity index (χ3v) is 7.88. The Balaban J connectivity index is 1.73. The van der Waals surface area contributed by atoms with Crippen LogP contribution in [0.4, 0.5) is 11.4 Å². The highest BCUT2D eigenvalue weighted by molar-refractivity contribution is 8.18. The van der Waals surface area contributed by atoms with Crippen molar-refractivity contribution in [3.8, 4) is 5.75 Å². The number of hydrogen-bond donors (Lipinski definition) is 0. The van der Waals surface area contributed by atoms with E-state index in [0.717, 1.165) is 30.0 Å². The van der Waals surface area contributed by atoms with Crippen molar-refractivity contribution in [1.82, 2.24) is 4.90 Å². The Morgan fingerprint density at radius 2 is 1.94 bits per heavy atom. The molecule has 4 rings (SSSR count). The first-order valence-electron chi connectivity index (χ1n) is 12.7. The molecule has 1 fully saturated rings. The molecule has 0 spiro atoms. The lowest BCUT2D eigenvalue weighted by atomic mass is 9.79. The lowest BCUT2D eigenvalue weighted by molar-refractivity contribution is -0.122. The summed E-state index contributed by atoms with van der Waals surface area (Å²) in [5, 5.41) is 0.668. The molecular formula is C29H37N3O3S. The molecule has 1 amide bonds. The summed E-state index contributed by atoms with van der Waals surface area (Å²) in [6.07, 6.45) is 3.03. The number of nitrogens with zero attached hydrogens (tertiary/aromatic N) is 3. The highest BCUT2D eigenvalue weighted by atomic mass is 32.2. The van der Waals surface area contributed by atoms with Gasteiger partial charge in [-0.3, -0.25) is 9.69 Å². The van der Waals surface area contributed by atoms with Gasteiger partial charge >= 0.3 is 0 Å². The van der Waals surface area contributed by atoms with Gasteiger partial charge in [0.05, 0.1) is 30.9 Å². The molecule has 1 saturated heterocycles. The summed E-state index contributed by atoms with van der Waals surface area (Å²) < 4.78 is 11.4. The zero-order valence-electron chi connectivity index (χ0n) is 22.2. The molecule has 7 heteroatoms. The van der Waals surface area contributed by atoms with E-state index in [4.69, 9.17) is 14.5 Å². The van der Waals surface area contributed by atoms with E-state index < -0.39 is 0 Å². The fourth-order valence-electron chi connectivity index (χ4n) is 5.26. The first kappa shape index (κ1) is 26.3. The molecule has 36 heavy (non-hydrogen) atoms. The van der Waals surface area contributed by atoms with Crippen LogP contribution in [-0.4, -0.2) is 54.9 Å². The van der Waals surface area contributed by atoms with E-state index in [-0.39, 0.29) is 11.4 Å².